The van der Waals surface area contributed by atoms with Gasteiger partial charge >= 0.3 is 0 Å². The molecule has 1 aliphatic heterocycles. The van der Waals surface area contributed by atoms with E-state index in [4.69, 9.17) is 15.3 Å². The summed E-state index contributed by atoms with van der Waals surface area (Å²) in [6.45, 7) is 0. The second-order valence-corrected chi connectivity index (χ2v) is 2.35. The Morgan fingerprint density at radius 2 is 2.10 bits per heavy atom. The summed E-state index contributed by atoms with van der Waals surface area (Å²) < 4.78 is 0. The largest absolute Gasteiger partial charge is 0.345 e. The van der Waals surface area contributed by atoms with Gasteiger partial charge in [-0.15, -0.1) is 0 Å². The lowest BCUT2D eigenvalue weighted by molar-refractivity contribution is -0.324. The first kappa shape index (κ1) is 7.46. The molecule has 1 amide bonds. The standard InChI is InChI=1S/C5H9NO4/c7-4-2-1-3(6-4)5(8,9)10/h3,8-10H,1-2H2,(H,6,7)/t3-/m0/s1. The van der Waals surface area contributed by atoms with Gasteiger partial charge in [-0.05, 0) is 6.42 Å². The van der Waals surface area contributed by atoms with E-state index in [1.54, 1.807) is 0 Å². The fourth-order valence-corrected chi connectivity index (χ4v) is 0.905. The number of carbonyl (C=O) groups is 1. The first-order valence-electron chi connectivity index (χ1n) is 2.96. The van der Waals surface area contributed by atoms with Gasteiger partial charge in [0, 0.05) is 6.42 Å². The van der Waals surface area contributed by atoms with E-state index in [-0.39, 0.29) is 18.7 Å². The average molecular weight is 147 g/mol. The second kappa shape index (κ2) is 2.19. The Balaban J connectivity index is 2.53. The Labute approximate surface area is 57.3 Å². The monoisotopic (exact) mass is 147 g/mol. The van der Waals surface area contributed by atoms with Gasteiger partial charge in [-0.1, -0.05) is 0 Å². The Kier molecular flexibility index (Phi) is 1.63. The number of amides is 1. The van der Waals surface area contributed by atoms with Crippen molar-refractivity contribution in [3.63, 3.8) is 0 Å². The van der Waals surface area contributed by atoms with Crippen LogP contribution in [0.15, 0.2) is 0 Å². The molecule has 5 heteroatoms. The van der Waals surface area contributed by atoms with Crippen molar-refractivity contribution >= 4 is 5.91 Å². The van der Waals surface area contributed by atoms with Crippen molar-refractivity contribution < 1.29 is 20.1 Å². The van der Waals surface area contributed by atoms with Gasteiger partial charge in [-0.2, -0.15) is 0 Å². The molecule has 10 heavy (non-hydrogen) atoms. The summed E-state index contributed by atoms with van der Waals surface area (Å²) >= 11 is 0. The molecule has 1 fully saturated rings. The lowest BCUT2D eigenvalue weighted by Gasteiger charge is -2.20. The van der Waals surface area contributed by atoms with Crippen LogP contribution in [0.2, 0.25) is 0 Å². The molecule has 5 nitrogen and oxygen atoms in total. The Morgan fingerprint density at radius 1 is 1.50 bits per heavy atom. The number of rotatable bonds is 1. The number of hydrogen-bond acceptors (Lipinski definition) is 4. The second-order valence-electron chi connectivity index (χ2n) is 2.35. The van der Waals surface area contributed by atoms with Crippen molar-refractivity contribution in [1.29, 1.82) is 0 Å². The van der Waals surface area contributed by atoms with Gasteiger partial charge in [-0.25, -0.2) is 0 Å². The molecule has 0 aliphatic carbocycles. The third-order valence-electron chi connectivity index (χ3n) is 1.46. The summed E-state index contributed by atoms with van der Waals surface area (Å²) in [4.78, 5) is 10.5. The molecule has 1 heterocycles. The van der Waals surface area contributed by atoms with E-state index in [0.29, 0.717) is 0 Å². The summed E-state index contributed by atoms with van der Waals surface area (Å²) in [6.07, 6.45) is 0.483. The molecule has 1 aliphatic rings. The van der Waals surface area contributed by atoms with Gasteiger partial charge in [-0.3, -0.25) is 4.79 Å². The predicted octanol–water partition coefficient (Wildman–Crippen LogP) is -2.10. The number of hydrogen-bond donors (Lipinski definition) is 4. The molecule has 1 rings (SSSR count). The maximum atomic E-state index is 10.5. The summed E-state index contributed by atoms with van der Waals surface area (Å²) in [5, 5.41) is 27.8. The minimum absolute atomic E-state index is 0.230. The van der Waals surface area contributed by atoms with E-state index in [1.807, 2.05) is 0 Å². The van der Waals surface area contributed by atoms with E-state index >= 15 is 0 Å². The molecule has 0 bridgehead atoms. The fraction of sp³-hybridized carbons (Fsp3) is 0.800. The summed E-state index contributed by atoms with van der Waals surface area (Å²) in [7, 11) is 0. The molecule has 0 aromatic carbocycles. The van der Waals surface area contributed by atoms with Crippen LogP contribution in [0.3, 0.4) is 0 Å². The van der Waals surface area contributed by atoms with Crippen molar-refractivity contribution in [2.45, 2.75) is 24.9 Å². The Hall–Kier alpha value is -0.650. The fourth-order valence-electron chi connectivity index (χ4n) is 0.905. The third kappa shape index (κ3) is 1.44. The highest BCUT2D eigenvalue weighted by Crippen LogP contribution is 2.14. The number of nitrogens with one attached hydrogen (secondary N) is 1. The predicted molar refractivity (Wildman–Crippen MR) is 30.6 cm³/mol. The van der Waals surface area contributed by atoms with E-state index < -0.39 is 12.0 Å². The van der Waals surface area contributed by atoms with Crippen LogP contribution in [0.5, 0.6) is 0 Å². The zero-order chi connectivity index (χ0) is 7.78. The molecule has 58 valence electrons. The van der Waals surface area contributed by atoms with E-state index in [0.717, 1.165) is 0 Å². The molecule has 0 unspecified atom stereocenters. The Morgan fingerprint density at radius 3 is 2.30 bits per heavy atom. The molecule has 0 aromatic rings. The number of carbonyl (C=O) groups excluding carboxylic acids is 1. The highest BCUT2D eigenvalue weighted by Gasteiger charge is 2.37. The molecular weight excluding hydrogens is 138 g/mol. The molecule has 0 aromatic heterocycles. The highest BCUT2D eigenvalue weighted by atomic mass is 16.7. The minimum atomic E-state index is -2.77. The van der Waals surface area contributed by atoms with Gasteiger partial charge in [0.1, 0.15) is 6.04 Å². The van der Waals surface area contributed by atoms with Crippen molar-refractivity contribution in [1.82, 2.24) is 5.32 Å². The van der Waals surface area contributed by atoms with Crippen LogP contribution in [0.25, 0.3) is 0 Å². The van der Waals surface area contributed by atoms with Crippen LogP contribution in [0, 0.1) is 0 Å². The van der Waals surface area contributed by atoms with Gasteiger partial charge in [0.05, 0.1) is 0 Å². The van der Waals surface area contributed by atoms with Gasteiger partial charge in [0.25, 0.3) is 5.97 Å². The first-order chi connectivity index (χ1) is 4.50. The van der Waals surface area contributed by atoms with Crippen molar-refractivity contribution in [3.05, 3.63) is 0 Å². The zero-order valence-electron chi connectivity index (χ0n) is 5.24. The SMILES string of the molecule is O=C1CC[C@@H](C(O)(O)O)N1. The van der Waals surface area contributed by atoms with Crippen LogP contribution < -0.4 is 5.32 Å². The summed E-state index contributed by atoms with van der Waals surface area (Å²) in [5.74, 6) is -3.04. The molecule has 0 spiro atoms. The van der Waals surface area contributed by atoms with Crippen LogP contribution in [-0.4, -0.2) is 33.2 Å². The van der Waals surface area contributed by atoms with Crippen molar-refractivity contribution in [3.8, 4) is 0 Å². The molecule has 4 N–H and O–H groups in total. The molecule has 1 saturated heterocycles. The van der Waals surface area contributed by atoms with Crippen LogP contribution in [0.4, 0.5) is 0 Å². The van der Waals surface area contributed by atoms with E-state index in [9.17, 15) is 4.79 Å². The van der Waals surface area contributed by atoms with Crippen LogP contribution >= 0.6 is 0 Å². The lowest BCUT2D eigenvalue weighted by atomic mass is 10.2. The van der Waals surface area contributed by atoms with Gasteiger partial charge in [0.15, 0.2) is 0 Å². The van der Waals surface area contributed by atoms with Crippen molar-refractivity contribution in [2.75, 3.05) is 0 Å². The maximum Gasteiger partial charge on any atom is 0.296 e. The van der Waals surface area contributed by atoms with Crippen molar-refractivity contribution in [2.24, 2.45) is 0 Å². The summed E-state index contributed by atoms with van der Waals surface area (Å²) in [5.41, 5.74) is 0. The van der Waals surface area contributed by atoms with Gasteiger partial charge < -0.3 is 20.6 Å². The molecule has 0 saturated carbocycles. The van der Waals surface area contributed by atoms with E-state index in [2.05, 4.69) is 5.32 Å². The lowest BCUT2D eigenvalue weighted by Crippen LogP contribution is -2.48. The third-order valence-corrected chi connectivity index (χ3v) is 1.46. The Bertz CT molecular complexity index is 150. The average Bonchev–Trinajstić information content (AvgIpc) is 2.11. The first-order valence-corrected chi connectivity index (χ1v) is 2.96. The van der Waals surface area contributed by atoms with Gasteiger partial charge in [0.2, 0.25) is 5.91 Å². The summed E-state index contributed by atoms with van der Waals surface area (Å²) in [6, 6.07) is -0.944. The quantitative estimate of drug-likeness (QED) is 0.320. The normalized spacial score (nSPS) is 26.7. The minimum Gasteiger partial charge on any atom is -0.345 e. The molecule has 1 atom stereocenters. The number of aliphatic hydroxyl groups is 3. The zero-order valence-corrected chi connectivity index (χ0v) is 5.24. The van der Waals surface area contributed by atoms with Crippen LogP contribution in [-0.2, 0) is 4.79 Å². The highest BCUT2D eigenvalue weighted by molar-refractivity contribution is 5.78. The molecule has 0 radical (unpaired) electrons. The smallest absolute Gasteiger partial charge is 0.296 e. The van der Waals surface area contributed by atoms with Crippen LogP contribution in [0.1, 0.15) is 12.8 Å². The van der Waals surface area contributed by atoms with E-state index in [1.165, 1.54) is 0 Å². The topological polar surface area (TPSA) is 89.8 Å². The maximum absolute atomic E-state index is 10.5. The molecular formula is C5H9NO4.